The van der Waals surface area contributed by atoms with Crippen LogP contribution in [-0.2, 0) is 12.8 Å². The summed E-state index contributed by atoms with van der Waals surface area (Å²) in [5.41, 5.74) is 1.30. The van der Waals surface area contributed by atoms with Crippen LogP contribution in [-0.4, -0.2) is 32.5 Å². The third-order valence-electron chi connectivity index (χ3n) is 3.09. The molecule has 1 aromatic rings. The maximum Gasteiger partial charge on any atom is 0.356 e. The smallest absolute Gasteiger partial charge is 0.356 e. The fourth-order valence-corrected chi connectivity index (χ4v) is 1.99. The monoisotopic (exact) mass is 210 g/mol. The van der Waals surface area contributed by atoms with Gasteiger partial charge in [-0.1, -0.05) is 13.8 Å². The van der Waals surface area contributed by atoms with Gasteiger partial charge in [-0.25, -0.2) is 4.79 Å². The third kappa shape index (κ3) is 1.52. The summed E-state index contributed by atoms with van der Waals surface area (Å²) in [6.45, 7) is 3.92. The van der Waals surface area contributed by atoms with E-state index in [-0.39, 0.29) is 11.1 Å². The van der Waals surface area contributed by atoms with Crippen LogP contribution in [0, 0.1) is 5.41 Å². The second-order valence-electron chi connectivity index (χ2n) is 4.72. The molecule has 0 fully saturated rings. The normalized spacial score (nSPS) is 23.5. The van der Waals surface area contributed by atoms with Gasteiger partial charge >= 0.3 is 5.97 Å². The van der Waals surface area contributed by atoms with Gasteiger partial charge in [0.25, 0.3) is 0 Å². The molecular formula is C10H14N2O3. The standard InChI is InChI=1S/C10H14N2O3/c1-10(2)4-6-5(3-7(10)13)8(9(14)15)12-11-6/h7,13H,3-4H2,1-2H3,(H,11,12)(H,14,15)/t7-/m0/s1. The van der Waals surface area contributed by atoms with Crippen molar-refractivity contribution >= 4 is 5.97 Å². The minimum Gasteiger partial charge on any atom is -0.476 e. The molecule has 0 saturated heterocycles. The van der Waals surface area contributed by atoms with Crippen LogP contribution in [0.15, 0.2) is 0 Å². The van der Waals surface area contributed by atoms with Gasteiger partial charge in [-0.3, -0.25) is 5.10 Å². The highest BCUT2D eigenvalue weighted by atomic mass is 16.4. The molecule has 0 unspecified atom stereocenters. The van der Waals surface area contributed by atoms with Crippen molar-refractivity contribution in [3.63, 3.8) is 0 Å². The predicted molar refractivity (Wildman–Crippen MR) is 52.7 cm³/mol. The zero-order valence-corrected chi connectivity index (χ0v) is 8.74. The lowest BCUT2D eigenvalue weighted by Crippen LogP contribution is -2.37. The number of nitrogens with zero attached hydrogens (tertiary/aromatic N) is 1. The number of fused-ring (bicyclic) bond motifs is 1. The van der Waals surface area contributed by atoms with Crippen LogP contribution in [0.3, 0.4) is 0 Å². The van der Waals surface area contributed by atoms with Crippen LogP contribution in [0.2, 0.25) is 0 Å². The number of carboxylic acids is 1. The summed E-state index contributed by atoms with van der Waals surface area (Å²) in [6, 6.07) is 0. The van der Waals surface area contributed by atoms with Gasteiger partial charge in [0.15, 0.2) is 5.69 Å². The Morgan fingerprint density at radius 2 is 2.27 bits per heavy atom. The number of nitrogens with one attached hydrogen (secondary N) is 1. The fourth-order valence-electron chi connectivity index (χ4n) is 1.99. The van der Waals surface area contributed by atoms with E-state index in [2.05, 4.69) is 10.2 Å². The van der Waals surface area contributed by atoms with E-state index in [0.717, 1.165) is 5.69 Å². The quantitative estimate of drug-likeness (QED) is 0.633. The van der Waals surface area contributed by atoms with Crippen molar-refractivity contribution in [3.05, 3.63) is 17.0 Å². The zero-order valence-electron chi connectivity index (χ0n) is 8.74. The van der Waals surface area contributed by atoms with Crippen molar-refractivity contribution in [1.29, 1.82) is 0 Å². The molecule has 1 aliphatic rings. The number of carbonyl (C=O) groups is 1. The Balaban J connectivity index is 2.43. The van der Waals surface area contributed by atoms with E-state index in [1.54, 1.807) is 0 Å². The Bertz CT molecular complexity index is 409. The summed E-state index contributed by atoms with van der Waals surface area (Å²) in [6.07, 6.45) is 0.477. The van der Waals surface area contributed by atoms with Crippen LogP contribution in [0.5, 0.6) is 0 Å². The molecule has 2 rings (SSSR count). The van der Waals surface area contributed by atoms with Crippen LogP contribution >= 0.6 is 0 Å². The molecule has 0 bridgehead atoms. The van der Waals surface area contributed by atoms with E-state index in [1.165, 1.54) is 0 Å². The molecule has 0 aromatic carbocycles. The topological polar surface area (TPSA) is 86.2 Å². The van der Waals surface area contributed by atoms with E-state index in [9.17, 15) is 9.90 Å². The van der Waals surface area contributed by atoms with Gasteiger partial charge < -0.3 is 10.2 Å². The largest absolute Gasteiger partial charge is 0.476 e. The maximum atomic E-state index is 10.8. The summed E-state index contributed by atoms with van der Waals surface area (Å²) < 4.78 is 0. The van der Waals surface area contributed by atoms with Gasteiger partial charge in [-0.15, -0.1) is 0 Å². The fraction of sp³-hybridized carbons (Fsp3) is 0.600. The molecule has 1 aliphatic carbocycles. The molecule has 0 spiro atoms. The van der Waals surface area contributed by atoms with Crippen LogP contribution in [0.25, 0.3) is 0 Å². The van der Waals surface area contributed by atoms with Crippen molar-refractivity contribution in [2.24, 2.45) is 5.41 Å². The summed E-state index contributed by atoms with van der Waals surface area (Å²) in [4.78, 5) is 10.8. The minimum atomic E-state index is -1.04. The lowest BCUT2D eigenvalue weighted by molar-refractivity contribution is 0.0413. The van der Waals surface area contributed by atoms with Crippen molar-refractivity contribution in [1.82, 2.24) is 10.2 Å². The Morgan fingerprint density at radius 1 is 1.60 bits per heavy atom. The number of aromatic amines is 1. The molecule has 0 amide bonds. The van der Waals surface area contributed by atoms with Gasteiger partial charge in [0.05, 0.1) is 6.10 Å². The Labute approximate surface area is 87.1 Å². The number of hydrogen-bond acceptors (Lipinski definition) is 3. The van der Waals surface area contributed by atoms with Gasteiger partial charge in [-0.2, -0.15) is 5.10 Å². The number of H-pyrrole nitrogens is 1. The number of carboxylic acid groups (broad SMARTS) is 1. The third-order valence-corrected chi connectivity index (χ3v) is 3.09. The van der Waals surface area contributed by atoms with Gasteiger partial charge in [0.2, 0.25) is 0 Å². The van der Waals surface area contributed by atoms with Crippen LogP contribution in [0.1, 0.15) is 35.6 Å². The van der Waals surface area contributed by atoms with Crippen molar-refractivity contribution < 1.29 is 15.0 Å². The Kier molecular flexibility index (Phi) is 2.08. The number of aromatic nitrogens is 2. The molecule has 0 radical (unpaired) electrons. The predicted octanol–water partition coefficient (Wildman–Crippen LogP) is 0.594. The van der Waals surface area contributed by atoms with E-state index in [1.807, 2.05) is 13.8 Å². The van der Waals surface area contributed by atoms with E-state index < -0.39 is 12.1 Å². The molecule has 1 aromatic heterocycles. The average molecular weight is 210 g/mol. The lowest BCUT2D eigenvalue weighted by Gasteiger charge is -2.34. The second-order valence-corrected chi connectivity index (χ2v) is 4.72. The maximum absolute atomic E-state index is 10.8. The highest BCUT2D eigenvalue weighted by molar-refractivity contribution is 5.87. The molecule has 0 saturated carbocycles. The van der Waals surface area contributed by atoms with Crippen molar-refractivity contribution in [2.75, 3.05) is 0 Å². The highest BCUT2D eigenvalue weighted by Crippen LogP contribution is 2.35. The first kappa shape index (κ1) is 10.2. The van der Waals surface area contributed by atoms with Gasteiger partial charge in [0, 0.05) is 17.7 Å². The molecule has 1 atom stereocenters. The molecule has 0 aliphatic heterocycles. The molecule has 15 heavy (non-hydrogen) atoms. The first-order chi connectivity index (χ1) is 6.92. The first-order valence-electron chi connectivity index (χ1n) is 4.89. The highest BCUT2D eigenvalue weighted by Gasteiger charge is 2.37. The number of aliphatic hydroxyl groups excluding tert-OH is 1. The second kappa shape index (κ2) is 3.06. The number of hydrogen-bond donors (Lipinski definition) is 3. The summed E-state index contributed by atoms with van der Waals surface area (Å²) in [5, 5.41) is 25.3. The SMILES string of the molecule is CC1(C)Cc2[nH]nc(C(=O)O)c2C[C@@H]1O. The molecule has 5 nitrogen and oxygen atoms in total. The van der Waals surface area contributed by atoms with E-state index in [0.29, 0.717) is 18.4 Å². The van der Waals surface area contributed by atoms with Crippen LogP contribution < -0.4 is 0 Å². The summed E-state index contributed by atoms with van der Waals surface area (Å²) in [7, 11) is 0. The summed E-state index contributed by atoms with van der Waals surface area (Å²) in [5.74, 6) is -1.04. The molecule has 3 N–H and O–H groups in total. The minimum absolute atomic E-state index is 0.0413. The Morgan fingerprint density at radius 3 is 2.87 bits per heavy atom. The zero-order chi connectivity index (χ0) is 11.2. The number of aliphatic hydroxyl groups is 1. The van der Waals surface area contributed by atoms with Crippen LogP contribution in [0.4, 0.5) is 0 Å². The molecule has 5 heteroatoms. The lowest BCUT2D eigenvalue weighted by atomic mass is 9.74. The van der Waals surface area contributed by atoms with E-state index in [4.69, 9.17) is 5.11 Å². The molecular weight excluding hydrogens is 196 g/mol. The van der Waals surface area contributed by atoms with Crippen molar-refractivity contribution in [2.45, 2.75) is 32.8 Å². The molecule has 1 heterocycles. The Hall–Kier alpha value is -1.36. The summed E-state index contributed by atoms with van der Waals surface area (Å²) >= 11 is 0. The van der Waals surface area contributed by atoms with Crippen molar-refractivity contribution in [3.8, 4) is 0 Å². The molecule has 82 valence electrons. The van der Waals surface area contributed by atoms with Gasteiger partial charge in [0.1, 0.15) is 0 Å². The average Bonchev–Trinajstić information content (AvgIpc) is 2.47. The first-order valence-corrected chi connectivity index (χ1v) is 4.89. The van der Waals surface area contributed by atoms with Gasteiger partial charge in [-0.05, 0) is 11.8 Å². The number of rotatable bonds is 1. The number of aromatic carboxylic acids is 1. The van der Waals surface area contributed by atoms with E-state index >= 15 is 0 Å².